The lowest BCUT2D eigenvalue weighted by Crippen LogP contribution is -2.59. The molecule has 2 fully saturated rings. The van der Waals surface area contributed by atoms with Gasteiger partial charge >= 0.3 is 5.97 Å². The minimum atomic E-state index is -0.549. The van der Waals surface area contributed by atoms with Gasteiger partial charge in [-0.3, -0.25) is 9.69 Å². The van der Waals surface area contributed by atoms with E-state index in [2.05, 4.69) is 15.3 Å². The first-order valence-electron chi connectivity index (χ1n) is 12.5. The molecule has 1 aromatic heterocycles. The minimum Gasteiger partial charge on any atom is -0.452 e. The standard InChI is InChI=1S/C27H36N4O4/c1-21-24(22(2)31(29-21)23-9-5-3-6-10-23)11-12-26(33)35-19-25(32)28-20-27(13-7-4-8-14-27)30-15-17-34-18-16-30/h3,5-6,9-12H,4,7-8,13-20H2,1-2H3,(H,28,32). The highest BCUT2D eigenvalue weighted by Crippen LogP contribution is 2.33. The molecule has 0 unspecified atom stereocenters. The molecule has 0 bridgehead atoms. The predicted molar refractivity (Wildman–Crippen MR) is 134 cm³/mol. The number of esters is 1. The van der Waals surface area contributed by atoms with E-state index in [4.69, 9.17) is 9.47 Å². The summed E-state index contributed by atoms with van der Waals surface area (Å²) in [5.74, 6) is -0.818. The summed E-state index contributed by atoms with van der Waals surface area (Å²) in [4.78, 5) is 27.3. The van der Waals surface area contributed by atoms with Crippen LogP contribution in [0.3, 0.4) is 0 Å². The largest absolute Gasteiger partial charge is 0.452 e. The van der Waals surface area contributed by atoms with Gasteiger partial charge in [-0.05, 0) is 44.9 Å². The Balaban J connectivity index is 1.29. The van der Waals surface area contributed by atoms with Crippen LogP contribution in [0.15, 0.2) is 36.4 Å². The molecule has 188 valence electrons. The minimum absolute atomic E-state index is 0.0183. The Bertz CT molecular complexity index is 1030. The first-order valence-corrected chi connectivity index (χ1v) is 12.5. The molecule has 0 spiro atoms. The Labute approximate surface area is 207 Å². The quantitative estimate of drug-likeness (QED) is 0.461. The van der Waals surface area contributed by atoms with E-state index in [9.17, 15) is 9.59 Å². The molecule has 1 aromatic carbocycles. The van der Waals surface area contributed by atoms with Gasteiger partial charge in [0.25, 0.3) is 5.91 Å². The van der Waals surface area contributed by atoms with Gasteiger partial charge < -0.3 is 14.8 Å². The van der Waals surface area contributed by atoms with Crippen LogP contribution in [0, 0.1) is 13.8 Å². The number of nitrogens with zero attached hydrogens (tertiary/aromatic N) is 3. The van der Waals surface area contributed by atoms with E-state index in [0.717, 1.165) is 61.8 Å². The lowest BCUT2D eigenvalue weighted by molar-refractivity contribution is -0.144. The predicted octanol–water partition coefficient (Wildman–Crippen LogP) is 3.20. The molecule has 35 heavy (non-hydrogen) atoms. The molecule has 2 aromatic rings. The first-order chi connectivity index (χ1) is 17.0. The van der Waals surface area contributed by atoms with Crippen molar-refractivity contribution in [3.8, 4) is 5.69 Å². The second-order valence-electron chi connectivity index (χ2n) is 9.43. The summed E-state index contributed by atoms with van der Waals surface area (Å²) < 4.78 is 12.6. The Morgan fingerprint density at radius 2 is 1.83 bits per heavy atom. The van der Waals surface area contributed by atoms with Crippen LogP contribution in [-0.2, 0) is 19.1 Å². The van der Waals surface area contributed by atoms with Crippen LogP contribution in [0.4, 0.5) is 0 Å². The van der Waals surface area contributed by atoms with Gasteiger partial charge in [0.1, 0.15) is 0 Å². The molecule has 1 amide bonds. The summed E-state index contributed by atoms with van der Waals surface area (Å²) in [6, 6.07) is 9.84. The number of hydrogen-bond donors (Lipinski definition) is 1. The lowest BCUT2D eigenvalue weighted by atomic mass is 9.79. The maximum atomic E-state index is 12.5. The van der Waals surface area contributed by atoms with Crippen LogP contribution < -0.4 is 5.32 Å². The fourth-order valence-electron chi connectivity index (χ4n) is 5.22. The zero-order valence-electron chi connectivity index (χ0n) is 20.8. The maximum Gasteiger partial charge on any atom is 0.331 e. The Hall–Kier alpha value is -2.97. The van der Waals surface area contributed by atoms with E-state index in [1.165, 1.54) is 25.3 Å². The number of ether oxygens (including phenoxy) is 2. The van der Waals surface area contributed by atoms with E-state index >= 15 is 0 Å². The average molecular weight is 481 g/mol. The van der Waals surface area contributed by atoms with Crippen LogP contribution in [0.5, 0.6) is 0 Å². The summed E-state index contributed by atoms with van der Waals surface area (Å²) in [6.45, 7) is 7.43. The summed E-state index contributed by atoms with van der Waals surface area (Å²) in [5.41, 5.74) is 3.54. The summed E-state index contributed by atoms with van der Waals surface area (Å²) in [6.07, 6.45) is 8.80. The number of hydrogen-bond acceptors (Lipinski definition) is 6. The molecule has 2 heterocycles. The highest BCUT2D eigenvalue weighted by atomic mass is 16.5. The van der Waals surface area contributed by atoms with Crippen molar-refractivity contribution >= 4 is 18.0 Å². The number of aromatic nitrogens is 2. The van der Waals surface area contributed by atoms with Crippen LogP contribution in [0.2, 0.25) is 0 Å². The van der Waals surface area contributed by atoms with Crippen LogP contribution in [0.1, 0.15) is 49.1 Å². The number of nitrogens with one attached hydrogen (secondary N) is 1. The molecule has 1 N–H and O–H groups in total. The fraction of sp³-hybridized carbons (Fsp3) is 0.519. The molecule has 1 saturated carbocycles. The van der Waals surface area contributed by atoms with Gasteiger partial charge in [-0.15, -0.1) is 0 Å². The first kappa shape index (κ1) is 25.1. The molecule has 1 aliphatic heterocycles. The fourth-order valence-corrected chi connectivity index (χ4v) is 5.22. The number of para-hydroxylation sites is 1. The molecule has 8 nitrogen and oxygen atoms in total. The summed E-state index contributed by atoms with van der Waals surface area (Å²) >= 11 is 0. The van der Waals surface area contributed by atoms with Gasteiger partial charge in [-0.1, -0.05) is 37.5 Å². The Kier molecular flexibility index (Phi) is 8.36. The van der Waals surface area contributed by atoms with Gasteiger partial charge in [0.2, 0.25) is 0 Å². The van der Waals surface area contributed by atoms with E-state index in [0.29, 0.717) is 6.54 Å². The molecule has 0 radical (unpaired) electrons. The molecule has 1 aliphatic carbocycles. The average Bonchev–Trinajstić information content (AvgIpc) is 3.19. The van der Waals surface area contributed by atoms with Crippen molar-refractivity contribution in [3.05, 3.63) is 53.4 Å². The smallest absolute Gasteiger partial charge is 0.331 e. The highest BCUT2D eigenvalue weighted by Gasteiger charge is 2.38. The molecule has 0 atom stereocenters. The van der Waals surface area contributed by atoms with Gasteiger partial charge in [-0.2, -0.15) is 5.10 Å². The molecular formula is C27H36N4O4. The Morgan fingerprint density at radius 1 is 1.11 bits per heavy atom. The van der Waals surface area contributed by atoms with Crippen LogP contribution in [-0.4, -0.2) is 71.6 Å². The number of morpholine rings is 1. The molecule has 8 heteroatoms. The van der Waals surface area contributed by atoms with Crippen LogP contribution >= 0.6 is 0 Å². The van der Waals surface area contributed by atoms with E-state index in [-0.39, 0.29) is 18.1 Å². The summed E-state index contributed by atoms with van der Waals surface area (Å²) in [7, 11) is 0. The van der Waals surface area contributed by atoms with Crippen molar-refractivity contribution in [3.63, 3.8) is 0 Å². The van der Waals surface area contributed by atoms with Crippen molar-refractivity contribution in [1.29, 1.82) is 0 Å². The second-order valence-corrected chi connectivity index (χ2v) is 9.43. The number of benzene rings is 1. The van der Waals surface area contributed by atoms with Gasteiger partial charge in [0.15, 0.2) is 6.61 Å². The monoisotopic (exact) mass is 480 g/mol. The number of rotatable bonds is 8. The van der Waals surface area contributed by atoms with Crippen molar-refractivity contribution < 1.29 is 19.1 Å². The maximum absolute atomic E-state index is 12.5. The van der Waals surface area contributed by atoms with E-state index in [1.807, 2.05) is 48.9 Å². The number of carbonyl (C=O) groups excluding carboxylic acids is 2. The van der Waals surface area contributed by atoms with Crippen molar-refractivity contribution in [2.75, 3.05) is 39.5 Å². The van der Waals surface area contributed by atoms with Gasteiger partial charge in [0, 0.05) is 42.5 Å². The van der Waals surface area contributed by atoms with Crippen molar-refractivity contribution in [2.24, 2.45) is 0 Å². The van der Waals surface area contributed by atoms with Gasteiger partial charge in [-0.25, -0.2) is 9.48 Å². The van der Waals surface area contributed by atoms with Crippen LogP contribution in [0.25, 0.3) is 11.8 Å². The molecule has 4 rings (SSSR count). The third-order valence-electron chi connectivity index (χ3n) is 7.16. The zero-order chi connectivity index (χ0) is 24.7. The lowest BCUT2D eigenvalue weighted by Gasteiger charge is -2.48. The van der Waals surface area contributed by atoms with E-state index in [1.54, 1.807) is 6.08 Å². The van der Waals surface area contributed by atoms with Gasteiger partial charge in [0.05, 0.1) is 24.6 Å². The molecule has 2 aliphatic rings. The third kappa shape index (κ3) is 6.18. The van der Waals surface area contributed by atoms with E-state index < -0.39 is 5.97 Å². The normalized spacial score (nSPS) is 18.5. The second kappa shape index (κ2) is 11.6. The zero-order valence-corrected chi connectivity index (χ0v) is 20.8. The summed E-state index contributed by atoms with van der Waals surface area (Å²) in [5, 5.41) is 7.61. The third-order valence-corrected chi connectivity index (χ3v) is 7.16. The van der Waals surface area contributed by atoms with Crippen molar-refractivity contribution in [1.82, 2.24) is 20.0 Å². The SMILES string of the molecule is Cc1nn(-c2ccccc2)c(C)c1C=CC(=O)OCC(=O)NCC1(N2CCOCC2)CCCCC1. The highest BCUT2D eigenvalue weighted by molar-refractivity contribution is 5.89. The molecular weight excluding hydrogens is 444 g/mol. The Morgan fingerprint density at radius 3 is 2.54 bits per heavy atom. The topological polar surface area (TPSA) is 85.7 Å². The number of amides is 1. The number of aryl methyl sites for hydroxylation is 1. The van der Waals surface area contributed by atoms with Crippen molar-refractivity contribution in [2.45, 2.75) is 51.5 Å². The number of carbonyl (C=O) groups is 2. The molecule has 1 saturated heterocycles.